The van der Waals surface area contributed by atoms with Crippen LogP contribution in [0.3, 0.4) is 0 Å². The Morgan fingerprint density at radius 1 is 1.14 bits per heavy atom. The molecule has 0 saturated carbocycles. The first kappa shape index (κ1) is 14.8. The highest BCUT2D eigenvalue weighted by molar-refractivity contribution is 6.03. The Bertz CT molecular complexity index is 713. The summed E-state index contributed by atoms with van der Waals surface area (Å²) in [6.45, 7) is 3.85. The molecule has 0 aliphatic carbocycles. The number of aryl methyl sites for hydroxylation is 2. The summed E-state index contributed by atoms with van der Waals surface area (Å²) in [6.07, 6.45) is 0. The number of Topliss-reactive ketones (excluding diaryl/α,β-unsaturated/α-hetero) is 1. The Morgan fingerprint density at radius 2 is 1.86 bits per heavy atom. The van der Waals surface area contributed by atoms with Crippen LogP contribution in [0.15, 0.2) is 42.5 Å². The number of hydrogen-bond donors (Lipinski definition) is 0. The van der Waals surface area contributed by atoms with Gasteiger partial charge in [0.05, 0.1) is 13.2 Å². The van der Waals surface area contributed by atoms with Crippen molar-refractivity contribution in [1.29, 1.82) is 5.26 Å². The Balaban J connectivity index is 2.48. The van der Waals surface area contributed by atoms with Crippen LogP contribution in [-0.2, 0) is 0 Å². The largest absolute Gasteiger partial charge is 0.496 e. The minimum Gasteiger partial charge on any atom is -0.496 e. The lowest BCUT2D eigenvalue weighted by Gasteiger charge is -2.14. The van der Waals surface area contributed by atoms with Crippen molar-refractivity contribution < 1.29 is 9.53 Å². The molecule has 0 fully saturated rings. The summed E-state index contributed by atoms with van der Waals surface area (Å²) in [4.78, 5) is 12.6. The van der Waals surface area contributed by atoms with E-state index in [2.05, 4.69) is 6.07 Å². The van der Waals surface area contributed by atoms with Gasteiger partial charge in [-0.2, -0.15) is 5.26 Å². The van der Waals surface area contributed by atoms with Gasteiger partial charge in [-0.05, 0) is 26.0 Å². The smallest absolute Gasteiger partial charge is 0.184 e. The zero-order valence-electron chi connectivity index (χ0n) is 12.4. The quantitative estimate of drug-likeness (QED) is 0.800. The van der Waals surface area contributed by atoms with E-state index in [1.807, 2.05) is 38.1 Å². The van der Waals surface area contributed by atoms with Crippen LogP contribution >= 0.6 is 0 Å². The van der Waals surface area contributed by atoms with Crippen molar-refractivity contribution >= 4 is 5.78 Å². The van der Waals surface area contributed by atoms with E-state index < -0.39 is 5.92 Å². The van der Waals surface area contributed by atoms with Gasteiger partial charge in [0.15, 0.2) is 5.78 Å². The first-order chi connectivity index (χ1) is 10.1. The van der Waals surface area contributed by atoms with Crippen molar-refractivity contribution in [3.63, 3.8) is 0 Å². The highest BCUT2D eigenvalue weighted by Crippen LogP contribution is 2.30. The van der Waals surface area contributed by atoms with Crippen LogP contribution in [0.25, 0.3) is 0 Å². The maximum absolute atomic E-state index is 12.6. The third-order valence-corrected chi connectivity index (χ3v) is 3.39. The molecule has 0 saturated heterocycles. The molecule has 0 aromatic heterocycles. The van der Waals surface area contributed by atoms with Crippen molar-refractivity contribution in [2.75, 3.05) is 7.11 Å². The average Bonchev–Trinajstić information content (AvgIpc) is 2.48. The molecule has 0 spiro atoms. The van der Waals surface area contributed by atoms with E-state index >= 15 is 0 Å². The second-order valence-electron chi connectivity index (χ2n) is 5.04. The number of nitriles is 1. The predicted octanol–water partition coefficient (Wildman–Crippen LogP) is 3.80. The molecule has 106 valence electrons. The molecule has 2 rings (SSSR count). The van der Waals surface area contributed by atoms with E-state index in [-0.39, 0.29) is 5.78 Å². The number of methoxy groups -OCH3 is 1. The molecular formula is C18H17NO2. The lowest BCUT2D eigenvalue weighted by atomic mass is 9.90. The number of nitrogens with zero attached hydrogens (tertiary/aromatic N) is 1. The van der Waals surface area contributed by atoms with Crippen LogP contribution < -0.4 is 4.74 Å². The summed E-state index contributed by atoms with van der Waals surface area (Å²) >= 11 is 0. The van der Waals surface area contributed by atoms with Crippen molar-refractivity contribution in [2.45, 2.75) is 19.8 Å². The van der Waals surface area contributed by atoms with E-state index in [1.165, 1.54) is 0 Å². The van der Waals surface area contributed by atoms with E-state index in [9.17, 15) is 10.1 Å². The Labute approximate surface area is 124 Å². The first-order valence-corrected chi connectivity index (χ1v) is 6.72. The van der Waals surface area contributed by atoms with Gasteiger partial charge in [-0.25, -0.2) is 0 Å². The number of hydrogen-bond acceptors (Lipinski definition) is 3. The highest BCUT2D eigenvalue weighted by Gasteiger charge is 2.25. The summed E-state index contributed by atoms with van der Waals surface area (Å²) in [5, 5.41) is 9.46. The lowest BCUT2D eigenvalue weighted by molar-refractivity contribution is 0.0977. The second kappa shape index (κ2) is 6.23. The molecule has 3 heteroatoms. The van der Waals surface area contributed by atoms with Crippen molar-refractivity contribution in [3.05, 3.63) is 64.7 Å². The van der Waals surface area contributed by atoms with Crippen LogP contribution in [0.5, 0.6) is 5.75 Å². The van der Waals surface area contributed by atoms with Crippen molar-refractivity contribution in [3.8, 4) is 11.8 Å². The number of ether oxygens (including phenoxy) is 1. The minimum absolute atomic E-state index is 0.204. The molecule has 0 aliphatic rings. The fourth-order valence-electron chi connectivity index (χ4n) is 2.31. The molecule has 21 heavy (non-hydrogen) atoms. The number of ketones is 1. The highest BCUT2D eigenvalue weighted by atomic mass is 16.5. The van der Waals surface area contributed by atoms with E-state index in [0.29, 0.717) is 16.9 Å². The molecule has 1 unspecified atom stereocenters. The number of carbonyl (C=O) groups excluding carboxylic acids is 1. The fourth-order valence-corrected chi connectivity index (χ4v) is 2.31. The monoisotopic (exact) mass is 279 g/mol. The predicted molar refractivity (Wildman–Crippen MR) is 81.6 cm³/mol. The third kappa shape index (κ3) is 3.11. The molecule has 0 aliphatic heterocycles. The third-order valence-electron chi connectivity index (χ3n) is 3.39. The molecular weight excluding hydrogens is 262 g/mol. The van der Waals surface area contributed by atoms with Gasteiger partial charge in [-0.3, -0.25) is 4.79 Å². The molecule has 0 heterocycles. The fraction of sp³-hybridized carbons (Fsp3) is 0.222. The normalized spacial score (nSPS) is 11.5. The summed E-state index contributed by atoms with van der Waals surface area (Å²) in [6, 6.07) is 14.9. The molecule has 0 amide bonds. The summed E-state index contributed by atoms with van der Waals surface area (Å²) < 4.78 is 5.29. The zero-order chi connectivity index (χ0) is 15.4. The van der Waals surface area contributed by atoms with Crippen LogP contribution in [0, 0.1) is 25.2 Å². The average molecular weight is 279 g/mol. The van der Waals surface area contributed by atoms with Gasteiger partial charge >= 0.3 is 0 Å². The molecule has 3 nitrogen and oxygen atoms in total. The Kier molecular flexibility index (Phi) is 4.39. The zero-order valence-corrected chi connectivity index (χ0v) is 12.4. The number of benzene rings is 2. The molecule has 2 aromatic carbocycles. The van der Waals surface area contributed by atoms with E-state index in [4.69, 9.17) is 4.74 Å². The Hall–Kier alpha value is -2.60. The Morgan fingerprint density at radius 3 is 2.48 bits per heavy atom. The van der Waals surface area contributed by atoms with Crippen LogP contribution in [-0.4, -0.2) is 12.9 Å². The van der Waals surface area contributed by atoms with Gasteiger partial charge < -0.3 is 4.74 Å². The van der Waals surface area contributed by atoms with Crippen molar-refractivity contribution in [1.82, 2.24) is 0 Å². The van der Waals surface area contributed by atoms with Crippen LogP contribution in [0.4, 0.5) is 0 Å². The van der Waals surface area contributed by atoms with Gasteiger partial charge in [0.1, 0.15) is 11.7 Å². The number of rotatable bonds is 4. The lowest BCUT2D eigenvalue weighted by Crippen LogP contribution is -2.12. The van der Waals surface area contributed by atoms with E-state index in [0.717, 1.165) is 11.1 Å². The summed E-state index contributed by atoms with van der Waals surface area (Å²) in [7, 11) is 1.54. The molecule has 0 radical (unpaired) electrons. The molecule has 0 bridgehead atoms. The SMILES string of the molecule is COc1ccc(C)cc1C(C#N)C(=O)c1cccc(C)c1. The number of carbonyl (C=O) groups is 1. The molecule has 1 atom stereocenters. The second-order valence-corrected chi connectivity index (χ2v) is 5.04. The van der Waals surface area contributed by atoms with Gasteiger partial charge in [0.25, 0.3) is 0 Å². The van der Waals surface area contributed by atoms with Gasteiger partial charge in [-0.1, -0.05) is 41.5 Å². The maximum atomic E-state index is 12.6. The topological polar surface area (TPSA) is 50.1 Å². The molecule has 2 aromatic rings. The van der Waals surface area contributed by atoms with E-state index in [1.54, 1.807) is 25.3 Å². The van der Waals surface area contributed by atoms with Crippen LogP contribution in [0.1, 0.15) is 33.0 Å². The maximum Gasteiger partial charge on any atom is 0.184 e. The van der Waals surface area contributed by atoms with Crippen molar-refractivity contribution in [2.24, 2.45) is 0 Å². The summed E-state index contributed by atoms with van der Waals surface area (Å²) in [5.41, 5.74) is 3.15. The molecule has 0 N–H and O–H groups in total. The standard InChI is InChI=1S/C18H17NO2/c1-12-5-4-6-14(9-12)18(20)16(11-19)15-10-13(2)7-8-17(15)21-3/h4-10,16H,1-3H3. The van der Waals surface area contributed by atoms with Crippen LogP contribution in [0.2, 0.25) is 0 Å². The summed E-state index contributed by atoms with van der Waals surface area (Å²) in [5.74, 6) is -0.500. The first-order valence-electron chi connectivity index (χ1n) is 6.72. The van der Waals surface area contributed by atoms with Gasteiger partial charge in [0, 0.05) is 11.1 Å². The minimum atomic E-state index is -0.860. The van der Waals surface area contributed by atoms with Gasteiger partial charge in [0.2, 0.25) is 0 Å². The van der Waals surface area contributed by atoms with Gasteiger partial charge in [-0.15, -0.1) is 0 Å².